The summed E-state index contributed by atoms with van der Waals surface area (Å²) >= 11 is 5.90. The van der Waals surface area contributed by atoms with E-state index in [4.69, 9.17) is 27.2 Å². The van der Waals surface area contributed by atoms with Crippen LogP contribution < -0.4 is 5.73 Å². The molecule has 0 saturated carbocycles. The second-order valence-corrected chi connectivity index (χ2v) is 4.78. The molecule has 1 saturated heterocycles. The minimum absolute atomic E-state index is 0. The van der Waals surface area contributed by atoms with Crippen molar-refractivity contribution >= 4 is 28.7 Å². The fourth-order valence-electron chi connectivity index (χ4n) is 2.19. The zero-order valence-corrected chi connectivity index (χ0v) is 26.8. The molecule has 3 heterocycles. The molecule has 1 aliphatic heterocycles. The van der Waals surface area contributed by atoms with Gasteiger partial charge in [-0.25, -0.2) is 4.98 Å². The van der Waals surface area contributed by atoms with Gasteiger partial charge in [0.2, 0.25) is 5.95 Å². The fourth-order valence-corrected chi connectivity index (χ4v) is 2.41. The summed E-state index contributed by atoms with van der Waals surface area (Å²) in [5, 5.41) is 28.9. The van der Waals surface area contributed by atoms with Crippen LogP contribution in [-0.4, -0.2) is 59.8 Å². The monoisotopic (exact) mass is 982 g/mol. The first-order valence-electron chi connectivity index (χ1n) is 5.81. The molecule has 9 nitrogen and oxygen atoms in total. The van der Waals surface area contributed by atoms with Gasteiger partial charge >= 0.3 is 0 Å². The average molecular weight is 983 g/mol. The first-order chi connectivity index (χ1) is 9.52. The normalized spacial score (nSPS) is 26.3. The van der Waals surface area contributed by atoms with E-state index in [1.807, 2.05) is 0 Å². The molecule has 1 aliphatic rings. The third-order valence-electron chi connectivity index (χ3n) is 3.19. The van der Waals surface area contributed by atoms with E-state index in [0.717, 1.165) is 0 Å². The van der Waals surface area contributed by atoms with Gasteiger partial charge in [0.1, 0.15) is 23.8 Å². The van der Waals surface area contributed by atoms with Crippen LogP contribution in [0.2, 0.25) is 5.15 Å². The number of nitrogen functional groups attached to an aromatic ring is 1. The summed E-state index contributed by atoms with van der Waals surface area (Å²) in [6, 6.07) is 0. The number of hydrogen-bond donors (Lipinski definition) is 4. The molecule has 117 valence electrons. The molecule has 13 heteroatoms. The van der Waals surface area contributed by atoms with Gasteiger partial charge in [0.25, 0.3) is 0 Å². The molecule has 0 bridgehead atoms. The topological polar surface area (TPSA) is 140 Å². The maximum atomic E-state index is 9.99. The number of imidazole rings is 1. The van der Waals surface area contributed by atoms with Gasteiger partial charge in [0.15, 0.2) is 17.0 Å². The average Bonchev–Trinajstić information content (AvgIpc) is 2.93. The van der Waals surface area contributed by atoms with Crippen LogP contribution in [0.5, 0.6) is 0 Å². The number of aliphatic hydroxyl groups excluding tert-OH is 3. The first-order valence-corrected chi connectivity index (χ1v) is 6.18. The van der Waals surface area contributed by atoms with E-state index in [1.54, 1.807) is 0 Å². The Morgan fingerprint density at radius 2 is 1.87 bits per heavy atom. The summed E-state index contributed by atoms with van der Waals surface area (Å²) < 4.78 is 6.79. The largest absolute Gasteiger partial charge is 0.394 e. The minimum atomic E-state index is -1.24. The summed E-state index contributed by atoms with van der Waals surface area (Å²) in [6.07, 6.45) is -2.93. The smallest absolute Gasteiger partial charge is 0.223 e. The van der Waals surface area contributed by atoms with Gasteiger partial charge in [-0.2, -0.15) is 9.97 Å². The van der Waals surface area contributed by atoms with Crippen molar-refractivity contribution in [3.05, 3.63) is 11.5 Å². The van der Waals surface area contributed by atoms with E-state index >= 15 is 0 Å². The van der Waals surface area contributed by atoms with Gasteiger partial charge in [-0.1, -0.05) is 11.6 Å². The number of rotatable bonds is 2. The molecule has 3 rings (SSSR count). The zero-order chi connectivity index (χ0) is 14.4. The van der Waals surface area contributed by atoms with Crippen molar-refractivity contribution in [1.29, 1.82) is 0 Å². The van der Waals surface area contributed by atoms with E-state index < -0.39 is 31.1 Å². The molecule has 0 aromatic carbocycles. The number of nitrogens with zero attached hydrogens (tertiary/aromatic N) is 4. The van der Waals surface area contributed by atoms with Crippen LogP contribution in [0.25, 0.3) is 11.2 Å². The summed E-state index contributed by atoms with van der Waals surface area (Å²) in [7, 11) is 0. The number of hydrogen-bond acceptors (Lipinski definition) is 8. The quantitative estimate of drug-likeness (QED) is 0.272. The van der Waals surface area contributed by atoms with Crippen LogP contribution in [0.4, 0.5) is 5.95 Å². The number of aromatic nitrogens is 4. The standard InChI is InChI=1S/C10H12ClN5O4.3Ac/c11-7-4-8(15-10(12)14-7)16(2-13-4)9-6(19)5(18)3(1-17)20-9;;;/h2-3,5-6,9,17-19H,1H2,(H2,12,14,15);;;/t3?,5-,6-,9?;;;/m1.../s1. The van der Waals surface area contributed by atoms with Crippen LogP contribution in [0.15, 0.2) is 6.33 Å². The van der Waals surface area contributed by atoms with E-state index in [0.29, 0.717) is 5.52 Å². The minimum Gasteiger partial charge on any atom is -0.394 e. The molecule has 4 atom stereocenters. The summed E-state index contributed by atoms with van der Waals surface area (Å²) in [4.78, 5) is 11.8. The van der Waals surface area contributed by atoms with E-state index in [2.05, 4.69) is 15.0 Å². The molecular formula is C10H12Ac3ClN5O4. The molecule has 23 heavy (non-hydrogen) atoms. The Kier molecular flexibility index (Phi) is 12.3. The Balaban J connectivity index is 0.00000161. The third-order valence-corrected chi connectivity index (χ3v) is 3.45. The molecule has 3 radical (unpaired) electrons. The van der Waals surface area contributed by atoms with Crippen LogP contribution in [0, 0.1) is 132 Å². The predicted octanol–water partition coefficient (Wildman–Crippen LogP) is -1.33. The van der Waals surface area contributed by atoms with Crippen LogP contribution >= 0.6 is 11.6 Å². The second kappa shape index (κ2) is 11.0. The van der Waals surface area contributed by atoms with Gasteiger partial charge in [-0.3, -0.25) is 4.57 Å². The molecule has 2 aromatic heterocycles. The first kappa shape index (κ1) is 25.8. The molecule has 0 amide bonds. The van der Waals surface area contributed by atoms with Crippen molar-refractivity contribution in [3.8, 4) is 0 Å². The van der Waals surface area contributed by atoms with Gasteiger partial charge in [-0.05, 0) is 0 Å². The number of fused-ring (bicyclic) bond motifs is 1. The molecule has 0 aliphatic carbocycles. The zero-order valence-electron chi connectivity index (χ0n) is 11.8. The second-order valence-electron chi connectivity index (χ2n) is 4.43. The molecular weight excluding hydrogens is 971 g/mol. The van der Waals surface area contributed by atoms with Crippen LogP contribution in [0.1, 0.15) is 6.23 Å². The van der Waals surface area contributed by atoms with Crippen molar-refractivity contribution in [3.63, 3.8) is 0 Å². The Morgan fingerprint density at radius 1 is 1.22 bits per heavy atom. The molecule has 1 fully saturated rings. The summed E-state index contributed by atoms with van der Waals surface area (Å²) in [5.74, 6) is -0.0454. The molecule has 0 spiro atoms. The Labute approximate surface area is 243 Å². The van der Waals surface area contributed by atoms with Gasteiger partial charge in [-0.15, -0.1) is 0 Å². The summed E-state index contributed by atoms with van der Waals surface area (Å²) in [5.41, 5.74) is 6.11. The Morgan fingerprint density at radius 3 is 2.43 bits per heavy atom. The van der Waals surface area contributed by atoms with Crippen molar-refractivity contribution in [1.82, 2.24) is 19.5 Å². The molecule has 2 aromatic rings. The van der Waals surface area contributed by atoms with Crippen molar-refractivity contribution in [2.24, 2.45) is 0 Å². The Hall–Kier alpha value is 2.80. The third kappa shape index (κ3) is 5.20. The van der Waals surface area contributed by atoms with Crippen LogP contribution in [-0.2, 0) is 4.74 Å². The maximum absolute atomic E-state index is 9.99. The van der Waals surface area contributed by atoms with Gasteiger partial charge in [0, 0.05) is 132 Å². The molecule has 2 unspecified atom stereocenters. The maximum Gasteiger partial charge on any atom is 0.223 e. The van der Waals surface area contributed by atoms with E-state index in [9.17, 15) is 10.2 Å². The number of anilines is 1. The van der Waals surface area contributed by atoms with Gasteiger partial charge < -0.3 is 25.8 Å². The van der Waals surface area contributed by atoms with Crippen molar-refractivity contribution in [2.45, 2.75) is 24.5 Å². The number of ether oxygens (including phenoxy) is 1. The van der Waals surface area contributed by atoms with Crippen LogP contribution in [0.3, 0.4) is 0 Å². The SMILES string of the molecule is Nc1nc(Cl)c2ncn(C3OC(CO)[C@@H](O)[C@H]3O)c2n1.[Ac].[Ac].[Ac]. The number of halogens is 1. The van der Waals surface area contributed by atoms with Crippen molar-refractivity contribution < 1.29 is 152 Å². The number of nitrogens with two attached hydrogens (primary N) is 1. The fraction of sp³-hybridized carbons (Fsp3) is 0.500. The summed E-state index contributed by atoms with van der Waals surface area (Å²) in [6.45, 7) is -0.417. The van der Waals surface area contributed by atoms with E-state index in [-0.39, 0.29) is 149 Å². The van der Waals surface area contributed by atoms with Gasteiger partial charge in [0.05, 0.1) is 12.9 Å². The van der Waals surface area contributed by atoms with Crippen molar-refractivity contribution in [2.75, 3.05) is 12.3 Å². The molecule has 5 N–H and O–H groups in total. The predicted molar refractivity (Wildman–Crippen MR) is 67.8 cm³/mol. The Bertz CT molecular complexity index is 663. The number of aliphatic hydroxyl groups is 3. The van der Waals surface area contributed by atoms with E-state index in [1.165, 1.54) is 10.9 Å².